The molecule has 9 aliphatic carbocycles. The molecule has 5 unspecified atom stereocenters. The Morgan fingerprint density at radius 1 is 0.732 bits per heavy atom. The zero-order valence-electron chi connectivity index (χ0n) is 47.4. The summed E-state index contributed by atoms with van der Waals surface area (Å²) in [5.41, 5.74) is 3.97. The lowest BCUT2D eigenvalue weighted by Crippen LogP contribution is -2.68. The number of hydrogen-bond donors (Lipinski definition) is 3. The fourth-order valence-electron chi connectivity index (χ4n) is 22.0. The number of carbonyl (C=O) groups is 3. The summed E-state index contributed by atoms with van der Waals surface area (Å²) >= 11 is 0. The number of aliphatic carboxylic acids is 1. The maximum atomic E-state index is 15.4. The number of rotatable bonds is 15. The number of carboxylic acid groups (broad SMARTS) is 1. The second kappa shape index (κ2) is 19.5. The number of ether oxygens (including phenoxy) is 1. The van der Waals surface area contributed by atoms with Crippen LogP contribution in [0.25, 0.3) is 0 Å². The molecule has 400 valence electrons. The van der Waals surface area contributed by atoms with Gasteiger partial charge in [0.05, 0.1) is 5.41 Å². The quantitative estimate of drug-likeness (QED) is 0.0858. The molecule has 19 atom stereocenters. The van der Waals surface area contributed by atoms with Crippen molar-refractivity contribution < 1.29 is 24.2 Å². The number of amides is 1. The monoisotopic (exact) mass is 981 g/mol. The second-order valence-electron chi connectivity index (χ2n) is 29.5. The van der Waals surface area contributed by atoms with Crippen molar-refractivity contribution in [3.05, 3.63) is 23.8 Å². The molecule has 71 heavy (non-hydrogen) atoms. The highest BCUT2D eigenvalue weighted by atomic mass is 16.5. The first-order valence-corrected chi connectivity index (χ1v) is 30.2. The summed E-state index contributed by atoms with van der Waals surface area (Å²) in [6.45, 7) is 34.9. The van der Waals surface area contributed by atoms with E-state index in [0.29, 0.717) is 53.9 Å². The molecule has 7 heteroatoms. The summed E-state index contributed by atoms with van der Waals surface area (Å²) < 4.78 is 7.04. The van der Waals surface area contributed by atoms with E-state index in [-0.39, 0.29) is 45.1 Å². The van der Waals surface area contributed by atoms with Gasteiger partial charge < -0.3 is 20.5 Å². The van der Waals surface area contributed by atoms with Crippen LogP contribution in [0.4, 0.5) is 0 Å². The highest BCUT2D eigenvalue weighted by Crippen LogP contribution is 2.78. The Hall–Kier alpha value is -2.15. The van der Waals surface area contributed by atoms with Gasteiger partial charge in [0.2, 0.25) is 5.91 Å². The number of carbonyl (C=O) groups excluding carboxylic acids is 2. The molecule has 3 N–H and O–H groups in total. The molecule has 0 radical (unpaired) electrons. The highest BCUT2D eigenvalue weighted by Gasteiger charge is 2.72. The molecule has 8 fully saturated rings. The summed E-state index contributed by atoms with van der Waals surface area (Å²) in [6, 6.07) is -0.457. The summed E-state index contributed by atoms with van der Waals surface area (Å²) in [5, 5.41) is 16.2. The normalized spacial score (nSPS) is 46.1. The maximum absolute atomic E-state index is 15.4. The van der Waals surface area contributed by atoms with Crippen LogP contribution in [0.5, 0.6) is 0 Å². The summed E-state index contributed by atoms with van der Waals surface area (Å²) in [5.74, 6) is 6.33. The first-order chi connectivity index (χ1) is 33.4. The molecule has 0 aromatic heterocycles. The Morgan fingerprint density at radius 3 is 2.17 bits per heavy atom. The van der Waals surface area contributed by atoms with Crippen molar-refractivity contribution in [3.8, 4) is 0 Å². The van der Waals surface area contributed by atoms with Crippen LogP contribution in [0.1, 0.15) is 231 Å². The first-order valence-electron chi connectivity index (χ1n) is 30.2. The summed E-state index contributed by atoms with van der Waals surface area (Å²) in [6.07, 6.45) is 29.5. The minimum Gasteiger partial charge on any atom is -0.480 e. The fraction of sp³-hybridized carbons (Fsp3) is 0.891. The van der Waals surface area contributed by atoms with E-state index in [4.69, 9.17) is 4.74 Å². The van der Waals surface area contributed by atoms with Crippen LogP contribution in [0.3, 0.4) is 0 Å². The van der Waals surface area contributed by atoms with Crippen molar-refractivity contribution in [1.29, 1.82) is 0 Å². The Morgan fingerprint density at radius 2 is 1.46 bits per heavy atom. The first kappa shape index (κ1) is 53.7. The van der Waals surface area contributed by atoms with Crippen LogP contribution < -0.4 is 10.6 Å². The van der Waals surface area contributed by atoms with Crippen LogP contribution in [-0.2, 0) is 19.1 Å². The number of nitrogens with one attached hydrogen (secondary N) is 2. The van der Waals surface area contributed by atoms with Crippen LogP contribution in [-0.4, -0.2) is 47.7 Å². The molecule has 0 bridgehead atoms. The number of esters is 1. The predicted molar refractivity (Wildman–Crippen MR) is 288 cm³/mol. The van der Waals surface area contributed by atoms with Crippen molar-refractivity contribution in [2.75, 3.05) is 6.54 Å². The van der Waals surface area contributed by atoms with Gasteiger partial charge in [0.1, 0.15) is 12.1 Å². The Kier molecular flexibility index (Phi) is 14.7. The topological polar surface area (TPSA) is 105 Å². The van der Waals surface area contributed by atoms with Gasteiger partial charge in [-0.15, -0.1) is 0 Å². The van der Waals surface area contributed by atoms with Gasteiger partial charge in [-0.1, -0.05) is 112 Å². The van der Waals surface area contributed by atoms with Gasteiger partial charge in [-0.05, 0) is 233 Å². The molecule has 7 nitrogen and oxygen atoms in total. The Labute approximate surface area is 433 Å². The van der Waals surface area contributed by atoms with Crippen molar-refractivity contribution in [3.63, 3.8) is 0 Å². The largest absolute Gasteiger partial charge is 0.480 e. The van der Waals surface area contributed by atoms with E-state index in [1.54, 1.807) is 5.57 Å². The van der Waals surface area contributed by atoms with E-state index in [0.717, 1.165) is 87.0 Å². The van der Waals surface area contributed by atoms with E-state index < -0.39 is 17.4 Å². The molecule has 8 saturated carbocycles. The predicted octanol–water partition coefficient (Wildman–Crippen LogP) is 14.9. The third kappa shape index (κ3) is 8.70. The molecular weight excluding hydrogens is 877 g/mol. The van der Waals surface area contributed by atoms with Gasteiger partial charge in [-0.25, -0.2) is 4.79 Å². The lowest BCUT2D eigenvalue weighted by molar-refractivity contribution is -0.242. The highest BCUT2D eigenvalue weighted by molar-refractivity contribution is 5.82. The molecule has 0 saturated heterocycles. The van der Waals surface area contributed by atoms with E-state index >= 15 is 4.79 Å². The lowest BCUT2D eigenvalue weighted by Gasteiger charge is -2.73. The smallest absolute Gasteiger partial charge is 0.326 e. The second-order valence-corrected chi connectivity index (χ2v) is 29.5. The molecule has 1 amide bonds. The van der Waals surface area contributed by atoms with E-state index in [9.17, 15) is 14.7 Å². The third-order valence-corrected chi connectivity index (χ3v) is 25.8. The van der Waals surface area contributed by atoms with Crippen LogP contribution in [0.2, 0.25) is 0 Å². The molecule has 9 aliphatic rings. The van der Waals surface area contributed by atoms with Crippen molar-refractivity contribution in [2.24, 2.45) is 103 Å². The molecular formula is C64H104N2O5. The Balaban J connectivity index is 0.868. The molecule has 0 aromatic rings. The molecule has 0 aliphatic heterocycles. The zero-order chi connectivity index (χ0) is 51.3. The summed E-state index contributed by atoms with van der Waals surface area (Å²) in [4.78, 5) is 38.8. The van der Waals surface area contributed by atoms with Gasteiger partial charge >= 0.3 is 11.9 Å². The van der Waals surface area contributed by atoms with E-state index in [1.807, 2.05) is 0 Å². The number of carboxylic acids is 1. The number of hydrogen-bond acceptors (Lipinski definition) is 5. The minimum atomic E-state index is -0.961. The SMILES string of the molecule is C=C(C)C1CC[C@]2(C(=O)O[C@@H]3CC[C@@]4(C)C(=CC[C@H]5[C@@H]6CC[C@H]([C@H](C)CCCC(C)C)[C@@]6(C)CC[C@@H]54)C3)CC[C@]3(C)[C@H](CC[C@@H]4[C@@]5(C)CCC(NCCCC(NC(C)=O)C(=O)O)C(C)(C)C5CC[C@]43C)C12. The number of fused-ring (bicyclic) bond motifs is 12. The van der Waals surface area contributed by atoms with E-state index in [2.05, 4.69) is 99.4 Å². The average molecular weight is 982 g/mol. The van der Waals surface area contributed by atoms with E-state index in [1.165, 1.54) is 102 Å². The van der Waals surface area contributed by atoms with Crippen molar-refractivity contribution in [1.82, 2.24) is 10.6 Å². The van der Waals surface area contributed by atoms with Gasteiger partial charge in [0.25, 0.3) is 0 Å². The van der Waals surface area contributed by atoms with Crippen LogP contribution >= 0.6 is 0 Å². The van der Waals surface area contributed by atoms with Gasteiger partial charge in [-0.3, -0.25) is 9.59 Å². The lowest BCUT2D eigenvalue weighted by atomic mass is 9.32. The van der Waals surface area contributed by atoms with Crippen molar-refractivity contribution in [2.45, 2.75) is 249 Å². The minimum absolute atomic E-state index is 0.00356. The standard InChI is InChI=1S/C64H104N2O5/c1-39(2)16-14-17-41(5)47-21-22-48-46-20-19-43-38-44(25-30-59(43,9)49(46)27-31-60(47,48)10)71-57(70)64-34-26-45(40(3)4)55(64)50-23-24-53-61(11)32-29-54(65-37-15-18-51(56(68)69)66-42(6)67)58(7,8)52(61)28-33-63(53,13)62(50,12)35-36-64/h19,39,41,44-55,65H,3,14-18,20-38H2,1-2,4-13H3,(H,66,67)(H,68,69)/t41-,44-,45?,46+,47-,48+,49+,50-,51?,52?,53-,54?,55?,59+,60-,61+,62-,63-,64+/m1/s1. The van der Waals surface area contributed by atoms with Crippen LogP contribution in [0, 0.1) is 103 Å². The van der Waals surface area contributed by atoms with Crippen LogP contribution in [0.15, 0.2) is 23.8 Å². The Bertz CT molecular complexity index is 2060. The molecule has 0 aromatic carbocycles. The average Bonchev–Trinajstić information content (AvgIpc) is 3.87. The molecule has 0 spiro atoms. The zero-order valence-corrected chi connectivity index (χ0v) is 47.4. The molecule has 0 heterocycles. The molecule has 9 rings (SSSR count). The number of allylic oxidation sites excluding steroid dienone is 2. The van der Waals surface area contributed by atoms with Gasteiger partial charge in [0, 0.05) is 19.4 Å². The van der Waals surface area contributed by atoms with Gasteiger partial charge in [-0.2, -0.15) is 0 Å². The fourth-order valence-corrected chi connectivity index (χ4v) is 22.0. The van der Waals surface area contributed by atoms with Crippen molar-refractivity contribution >= 4 is 17.8 Å². The third-order valence-electron chi connectivity index (χ3n) is 25.8. The van der Waals surface area contributed by atoms with Gasteiger partial charge in [0.15, 0.2) is 0 Å². The summed E-state index contributed by atoms with van der Waals surface area (Å²) in [7, 11) is 0. The maximum Gasteiger partial charge on any atom is 0.326 e.